The van der Waals surface area contributed by atoms with Gasteiger partial charge in [-0.3, -0.25) is 0 Å². The molecule has 0 aliphatic rings. The number of nitrogens with zero attached hydrogens (tertiary/aromatic N) is 2. The van der Waals surface area contributed by atoms with Crippen LogP contribution in [0.4, 0.5) is 5.13 Å². The summed E-state index contributed by atoms with van der Waals surface area (Å²) in [6.07, 6.45) is 0. The molecule has 0 aliphatic carbocycles. The molecule has 114 valence electrons. The maximum absolute atomic E-state index is 5.38. The molecule has 1 heterocycles. The van der Waals surface area contributed by atoms with Gasteiger partial charge in [0.1, 0.15) is 16.5 Å². The van der Waals surface area contributed by atoms with Gasteiger partial charge in [-0.05, 0) is 12.1 Å². The maximum atomic E-state index is 5.38. The third kappa shape index (κ3) is 3.85. The summed E-state index contributed by atoms with van der Waals surface area (Å²) in [5.74, 6) is 1.57. The van der Waals surface area contributed by atoms with Crippen molar-refractivity contribution in [2.75, 3.05) is 19.5 Å². The van der Waals surface area contributed by atoms with E-state index in [1.807, 2.05) is 18.2 Å². The van der Waals surface area contributed by atoms with Gasteiger partial charge >= 0.3 is 0 Å². The molecule has 1 aromatic heterocycles. The van der Waals surface area contributed by atoms with Crippen molar-refractivity contribution in [3.8, 4) is 11.5 Å². The van der Waals surface area contributed by atoms with Gasteiger partial charge in [-0.25, -0.2) is 0 Å². The number of aromatic nitrogens is 2. The third-order valence-electron chi connectivity index (χ3n) is 2.99. The van der Waals surface area contributed by atoms with Crippen LogP contribution in [0.1, 0.15) is 31.3 Å². The van der Waals surface area contributed by atoms with E-state index in [1.165, 1.54) is 0 Å². The van der Waals surface area contributed by atoms with Crippen molar-refractivity contribution in [2.45, 2.75) is 32.7 Å². The maximum Gasteiger partial charge on any atom is 0.205 e. The normalized spacial score (nSPS) is 11.3. The molecule has 0 fully saturated rings. The quantitative estimate of drug-likeness (QED) is 0.916. The van der Waals surface area contributed by atoms with Crippen molar-refractivity contribution >= 4 is 16.5 Å². The summed E-state index contributed by atoms with van der Waals surface area (Å²) in [6, 6.07) is 5.77. The zero-order chi connectivity index (χ0) is 15.5. The molecule has 1 aromatic carbocycles. The van der Waals surface area contributed by atoms with Crippen LogP contribution in [-0.4, -0.2) is 24.4 Å². The van der Waals surface area contributed by atoms with E-state index in [1.54, 1.807) is 25.6 Å². The zero-order valence-electron chi connectivity index (χ0n) is 13.1. The van der Waals surface area contributed by atoms with Crippen LogP contribution in [0.3, 0.4) is 0 Å². The van der Waals surface area contributed by atoms with E-state index in [0.717, 1.165) is 27.2 Å². The fourth-order valence-corrected chi connectivity index (χ4v) is 2.56. The van der Waals surface area contributed by atoms with Crippen molar-refractivity contribution in [3.05, 3.63) is 28.8 Å². The van der Waals surface area contributed by atoms with Crippen LogP contribution in [0.5, 0.6) is 11.5 Å². The van der Waals surface area contributed by atoms with Gasteiger partial charge in [0.15, 0.2) is 0 Å². The molecule has 0 aliphatic heterocycles. The van der Waals surface area contributed by atoms with Gasteiger partial charge in [-0.1, -0.05) is 32.1 Å². The summed E-state index contributed by atoms with van der Waals surface area (Å²) < 4.78 is 10.6. The lowest BCUT2D eigenvalue weighted by atomic mass is 9.98. The van der Waals surface area contributed by atoms with Crippen molar-refractivity contribution in [1.29, 1.82) is 0 Å². The number of nitrogens with one attached hydrogen (secondary N) is 1. The standard InChI is InChI=1S/C15H21N3O2S/c1-15(2,3)13-17-18-14(21-13)16-9-10-6-7-11(19-4)8-12(10)20-5/h6-8H,9H2,1-5H3,(H,16,18). The van der Waals surface area contributed by atoms with Gasteiger partial charge in [0.25, 0.3) is 0 Å². The van der Waals surface area contributed by atoms with Crippen LogP contribution in [0.25, 0.3) is 0 Å². The van der Waals surface area contributed by atoms with Crippen LogP contribution < -0.4 is 14.8 Å². The molecule has 5 nitrogen and oxygen atoms in total. The molecule has 0 bridgehead atoms. The van der Waals surface area contributed by atoms with Gasteiger partial charge in [-0.15, -0.1) is 10.2 Å². The first-order valence-electron chi connectivity index (χ1n) is 6.73. The molecule has 0 radical (unpaired) electrons. The number of rotatable bonds is 5. The van der Waals surface area contributed by atoms with E-state index < -0.39 is 0 Å². The van der Waals surface area contributed by atoms with Gasteiger partial charge in [0, 0.05) is 23.6 Å². The average Bonchev–Trinajstić information content (AvgIpc) is 2.94. The second-order valence-corrected chi connectivity index (χ2v) is 6.67. The zero-order valence-corrected chi connectivity index (χ0v) is 13.9. The largest absolute Gasteiger partial charge is 0.497 e. The average molecular weight is 307 g/mol. The Hall–Kier alpha value is -1.82. The third-order valence-corrected chi connectivity index (χ3v) is 4.30. The lowest BCUT2D eigenvalue weighted by Crippen LogP contribution is -2.10. The Bertz CT molecular complexity index is 605. The summed E-state index contributed by atoms with van der Waals surface area (Å²) >= 11 is 1.58. The van der Waals surface area contributed by atoms with Crippen molar-refractivity contribution in [1.82, 2.24) is 10.2 Å². The molecule has 0 amide bonds. The Labute approximate surface area is 129 Å². The Morgan fingerprint density at radius 1 is 1.14 bits per heavy atom. The van der Waals surface area contributed by atoms with Crippen LogP contribution in [0, 0.1) is 0 Å². The highest BCUT2D eigenvalue weighted by molar-refractivity contribution is 7.15. The number of methoxy groups -OCH3 is 2. The molecule has 0 atom stereocenters. The van der Waals surface area contributed by atoms with Gasteiger partial charge in [-0.2, -0.15) is 0 Å². The fourth-order valence-electron chi connectivity index (χ4n) is 1.77. The molecule has 21 heavy (non-hydrogen) atoms. The molecule has 1 N–H and O–H groups in total. The van der Waals surface area contributed by atoms with Crippen molar-refractivity contribution in [2.24, 2.45) is 0 Å². The summed E-state index contributed by atoms with van der Waals surface area (Å²) in [7, 11) is 3.29. The predicted molar refractivity (Wildman–Crippen MR) is 85.5 cm³/mol. The molecule has 0 saturated heterocycles. The molecule has 2 rings (SSSR count). The van der Waals surface area contributed by atoms with Crippen molar-refractivity contribution < 1.29 is 9.47 Å². The van der Waals surface area contributed by atoms with Crippen LogP contribution in [-0.2, 0) is 12.0 Å². The van der Waals surface area contributed by atoms with Gasteiger partial charge in [0.2, 0.25) is 5.13 Å². The molecule has 2 aromatic rings. The minimum Gasteiger partial charge on any atom is -0.497 e. The highest BCUT2D eigenvalue weighted by atomic mass is 32.1. The van der Waals surface area contributed by atoms with E-state index >= 15 is 0 Å². The SMILES string of the molecule is COc1ccc(CNc2nnc(C(C)(C)C)s2)c(OC)c1. The topological polar surface area (TPSA) is 56.3 Å². The first-order chi connectivity index (χ1) is 9.94. The minimum absolute atomic E-state index is 0.0232. The van der Waals surface area contributed by atoms with E-state index in [4.69, 9.17) is 9.47 Å². The Kier molecular flexibility index (Phi) is 4.67. The molecule has 0 saturated carbocycles. The molecular weight excluding hydrogens is 286 g/mol. The highest BCUT2D eigenvalue weighted by Crippen LogP contribution is 2.29. The Morgan fingerprint density at radius 2 is 1.90 bits per heavy atom. The molecule has 6 heteroatoms. The second-order valence-electron chi connectivity index (χ2n) is 5.69. The van der Waals surface area contributed by atoms with E-state index in [2.05, 4.69) is 36.3 Å². The molecule has 0 unspecified atom stereocenters. The van der Waals surface area contributed by atoms with Crippen LogP contribution in [0.2, 0.25) is 0 Å². The summed E-state index contributed by atoms with van der Waals surface area (Å²) in [4.78, 5) is 0. The smallest absolute Gasteiger partial charge is 0.205 e. The minimum atomic E-state index is 0.0232. The van der Waals surface area contributed by atoms with E-state index in [0.29, 0.717) is 6.54 Å². The molecular formula is C15H21N3O2S. The number of ether oxygens (including phenoxy) is 2. The van der Waals surface area contributed by atoms with Crippen molar-refractivity contribution in [3.63, 3.8) is 0 Å². The van der Waals surface area contributed by atoms with E-state index in [9.17, 15) is 0 Å². The first-order valence-corrected chi connectivity index (χ1v) is 7.54. The fraction of sp³-hybridized carbons (Fsp3) is 0.467. The first kappa shape index (κ1) is 15.6. The highest BCUT2D eigenvalue weighted by Gasteiger charge is 2.19. The number of benzene rings is 1. The molecule has 0 spiro atoms. The summed E-state index contributed by atoms with van der Waals surface area (Å²) in [5, 5.41) is 13.5. The summed E-state index contributed by atoms with van der Waals surface area (Å²) in [5.41, 5.74) is 1.07. The Balaban J connectivity index is 2.08. The predicted octanol–water partition coefficient (Wildman–Crippen LogP) is 3.46. The van der Waals surface area contributed by atoms with Gasteiger partial charge in [0.05, 0.1) is 14.2 Å². The monoisotopic (exact) mass is 307 g/mol. The van der Waals surface area contributed by atoms with Crippen LogP contribution >= 0.6 is 11.3 Å². The second kappa shape index (κ2) is 6.30. The lowest BCUT2D eigenvalue weighted by Gasteiger charge is -2.12. The number of hydrogen-bond donors (Lipinski definition) is 1. The van der Waals surface area contributed by atoms with E-state index in [-0.39, 0.29) is 5.41 Å². The van der Waals surface area contributed by atoms with Gasteiger partial charge < -0.3 is 14.8 Å². The number of anilines is 1. The van der Waals surface area contributed by atoms with Crippen LogP contribution in [0.15, 0.2) is 18.2 Å². The Morgan fingerprint density at radius 3 is 2.48 bits per heavy atom. The lowest BCUT2D eigenvalue weighted by molar-refractivity contribution is 0.391. The summed E-state index contributed by atoms with van der Waals surface area (Å²) in [6.45, 7) is 7.02. The number of hydrogen-bond acceptors (Lipinski definition) is 6.